The summed E-state index contributed by atoms with van der Waals surface area (Å²) in [6.07, 6.45) is 0.453. The van der Waals surface area contributed by atoms with Crippen LogP contribution in [0.5, 0.6) is 0 Å². The molecule has 2 unspecified atom stereocenters. The zero-order valence-electron chi connectivity index (χ0n) is 12.8. The number of nitro benzene ring substituents is 1. The van der Waals surface area contributed by atoms with Gasteiger partial charge in [-0.15, -0.1) is 0 Å². The molecular weight excluding hydrogens is 270 g/mol. The molecule has 0 radical (unpaired) electrons. The molecule has 1 aliphatic rings. The van der Waals surface area contributed by atoms with Crippen molar-refractivity contribution in [2.24, 2.45) is 5.92 Å². The van der Waals surface area contributed by atoms with Crippen LogP contribution >= 0.6 is 0 Å². The average Bonchev–Trinajstić information content (AvgIpc) is 2.67. The first-order valence-electron chi connectivity index (χ1n) is 7.09. The second kappa shape index (κ2) is 5.81. The first kappa shape index (κ1) is 15.4. The van der Waals surface area contributed by atoms with Crippen LogP contribution < -0.4 is 5.32 Å². The zero-order chi connectivity index (χ0) is 15.7. The van der Waals surface area contributed by atoms with Gasteiger partial charge in [0.1, 0.15) is 6.17 Å². The molecule has 114 valence electrons. The zero-order valence-corrected chi connectivity index (χ0v) is 12.8. The fourth-order valence-electron chi connectivity index (χ4n) is 2.70. The Bertz CT molecular complexity index is 571. The van der Waals surface area contributed by atoms with Crippen molar-refractivity contribution in [3.63, 3.8) is 0 Å². The summed E-state index contributed by atoms with van der Waals surface area (Å²) in [5.41, 5.74) is 1.45. The summed E-state index contributed by atoms with van der Waals surface area (Å²) in [5, 5.41) is 14.3. The van der Waals surface area contributed by atoms with E-state index in [9.17, 15) is 14.9 Å². The third kappa shape index (κ3) is 3.05. The predicted octanol–water partition coefficient (Wildman–Crippen LogP) is 2.38. The van der Waals surface area contributed by atoms with Gasteiger partial charge in [0.2, 0.25) is 5.91 Å². The van der Waals surface area contributed by atoms with Crippen LogP contribution in [0.3, 0.4) is 0 Å². The van der Waals surface area contributed by atoms with Crippen molar-refractivity contribution < 1.29 is 9.72 Å². The first-order valence-corrected chi connectivity index (χ1v) is 7.09. The largest absolute Gasteiger partial charge is 0.325 e. The molecular formula is C15H21N3O3. The maximum Gasteiger partial charge on any atom is 0.272 e. The van der Waals surface area contributed by atoms with Crippen molar-refractivity contribution in [2.45, 2.75) is 39.4 Å². The van der Waals surface area contributed by atoms with Gasteiger partial charge < -0.3 is 4.90 Å². The SMILES string of the molecule is Cc1ccc(C2NC(CC(C)C)C(=O)N2C)cc1[N+](=O)[O-]. The molecule has 1 aromatic rings. The van der Waals surface area contributed by atoms with E-state index in [-0.39, 0.29) is 28.7 Å². The smallest absolute Gasteiger partial charge is 0.272 e. The van der Waals surface area contributed by atoms with Crippen molar-refractivity contribution in [3.8, 4) is 0 Å². The molecule has 0 bridgehead atoms. The van der Waals surface area contributed by atoms with Crippen LogP contribution in [-0.2, 0) is 4.79 Å². The van der Waals surface area contributed by atoms with E-state index < -0.39 is 0 Å². The van der Waals surface area contributed by atoms with E-state index in [1.165, 1.54) is 0 Å². The summed E-state index contributed by atoms with van der Waals surface area (Å²) in [6.45, 7) is 5.85. The number of carbonyl (C=O) groups excluding carboxylic acids is 1. The molecule has 0 aliphatic carbocycles. The van der Waals surface area contributed by atoms with Crippen LogP contribution in [0.1, 0.15) is 37.6 Å². The average molecular weight is 291 g/mol. The predicted molar refractivity (Wildman–Crippen MR) is 79.7 cm³/mol. The van der Waals surface area contributed by atoms with Gasteiger partial charge in [-0.1, -0.05) is 26.0 Å². The Kier molecular flexibility index (Phi) is 4.27. The molecule has 1 aliphatic heterocycles. The minimum atomic E-state index is -0.388. The second-order valence-corrected chi connectivity index (χ2v) is 6.00. The monoisotopic (exact) mass is 291 g/mol. The van der Waals surface area contributed by atoms with E-state index in [1.807, 2.05) is 6.07 Å². The summed E-state index contributed by atoms with van der Waals surface area (Å²) >= 11 is 0. The number of rotatable bonds is 4. The van der Waals surface area contributed by atoms with E-state index in [1.54, 1.807) is 31.0 Å². The van der Waals surface area contributed by atoms with E-state index in [2.05, 4.69) is 19.2 Å². The summed E-state index contributed by atoms with van der Waals surface area (Å²) in [4.78, 5) is 24.5. The third-order valence-corrected chi connectivity index (χ3v) is 3.84. The minimum absolute atomic E-state index is 0.0388. The molecule has 0 aromatic heterocycles. The number of nitrogens with one attached hydrogen (secondary N) is 1. The molecule has 6 heteroatoms. The molecule has 6 nitrogen and oxygen atoms in total. The van der Waals surface area contributed by atoms with E-state index in [4.69, 9.17) is 0 Å². The molecule has 0 spiro atoms. The number of benzene rings is 1. The normalized spacial score (nSPS) is 22.1. The Labute approximate surface area is 124 Å². The number of carbonyl (C=O) groups is 1. The minimum Gasteiger partial charge on any atom is -0.325 e. The van der Waals surface area contributed by atoms with E-state index >= 15 is 0 Å². The maximum atomic E-state index is 12.2. The molecule has 21 heavy (non-hydrogen) atoms. The van der Waals surface area contributed by atoms with Crippen LogP contribution in [0.2, 0.25) is 0 Å². The number of hydrogen-bond acceptors (Lipinski definition) is 4. The van der Waals surface area contributed by atoms with Gasteiger partial charge in [0.05, 0.1) is 11.0 Å². The molecule has 1 saturated heterocycles. The molecule has 1 heterocycles. The van der Waals surface area contributed by atoms with Gasteiger partial charge in [-0.05, 0) is 24.8 Å². The second-order valence-electron chi connectivity index (χ2n) is 6.00. The van der Waals surface area contributed by atoms with Gasteiger partial charge in [-0.25, -0.2) is 0 Å². The molecule has 2 rings (SSSR count). The lowest BCUT2D eigenvalue weighted by molar-refractivity contribution is -0.385. The number of nitrogens with zero attached hydrogens (tertiary/aromatic N) is 2. The van der Waals surface area contributed by atoms with Crippen molar-refractivity contribution >= 4 is 11.6 Å². The van der Waals surface area contributed by atoms with Crippen LogP contribution in [0.4, 0.5) is 5.69 Å². The van der Waals surface area contributed by atoms with Gasteiger partial charge in [0, 0.05) is 18.7 Å². The summed E-state index contributed by atoms with van der Waals surface area (Å²) in [5.74, 6) is 0.447. The van der Waals surface area contributed by atoms with Crippen LogP contribution in [-0.4, -0.2) is 28.8 Å². The van der Waals surface area contributed by atoms with Gasteiger partial charge in [0.15, 0.2) is 0 Å². The topological polar surface area (TPSA) is 75.5 Å². The number of likely N-dealkylation sites (N-methyl/N-ethyl adjacent to an activating group) is 1. The Morgan fingerprint density at radius 1 is 1.43 bits per heavy atom. The quantitative estimate of drug-likeness (QED) is 0.682. The molecule has 0 saturated carbocycles. The first-order chi connectivity index (χ1) is 9.81. The van der Waals surface area contributed by atoms with Crippen LogP contribution in [0.15, 0.2) is 18.2 Å². The molecule has 1 aromatic carbocycles. The van der Waals surface area contributed by atoms with Crippen molar-refractivity contribution in [3.05, 3.63) is 39.4 Å². The number of amides is 1. The van der Waals surface area contributed by atoms with Crippen molar-refractivity contribution in [2.75, 3.05) is 7.05 Å². The standard InChI is InChI=1S/C15H21N3O3/c1-9(2)7-12-15(19)17(4)14(16-12)11-6-5-10(3)13(8-11)18(20)21/h5-6,8-9,12,14,16H,7H2,1-4H3. The lowest BCUT2D eigenvalue weighted by atomic mass is 10.0. The van der Waals surface area contributed by atoms with E-state index in [0.29, 0.717) is 11.5 Å². The Morgan fingerprint density at radius 3 is 2.67 bits per heavy atom. The van der Waals surface area contributed by atoms with Gasteiger partial charge >= 0.3 is 0 Å². The number of hydrogen-bond donors (Lipinski definition) is 1. The van der Waals surface area contributed by atoms with Gasteiger partial charge in [0.25, 0.3) is 5.69 Å². The Morgan fingerprint density at radius 2 is 2.10 bits per heavy atom. The summed E-state index contributed by atoms with van der Waals surface area (Å²) < 4.78 is 0. The number of aryl methyl sites for hydroxylation is 1. The van der Waals surface area contributed by atoms with Crippen LogP contribution in [0.25, 0.3) is 0 Å². The summed E-state index contributed by atoms with van der Waals surface area (Å²) in [7, 11) is 1.73. The van der Waals surface area contributed by atoms with Crippen molar-refractivity contribution in [1.82, 2.24) is 10.2 Å². The third-order valence-electron chi connectivity index (χ3n) is 3.84. The Balaban J connectivity index is 2.28. The molecule has 1 fully saturated rings. The summed E-state index contributed by atoms with van der Waals surface area (Å²) in [6, 6.07) is 4.89. The molecule has 2 atom stereocenters. The maximum absolute atomic E-state index is 12.2. The highest BCUT2D eigenvalue weighted by Crippen LogP contribution is 2.29. The Hall–Kier alpha value is -1.95. The fraction of sp³-hybridized carbons (Fsp3) is 0.533. The van der Waals surface area contributed by atoms with Gasteiger partial charge in [-0.3, -0.25) is 20.2 Å². The van der Waals surface area contributed by atoms with E-state index in [0.717, 1.165) is 12.0 Å². The fourth-order valence-corrected chi connectivity index (χ4v) is 2.70. The highest BCUT2D eigenvalue weighted by Gasteiger charge is 2.37. The van der Waals surface area contributed by atoms with Gasteiger partial charge in [-0.2, -0.15) is 0 Å². The highest BCUT2D eigenvalue weighted by molar-refractivity contribution is 5.84. The molecule has 1 N–H and O–H groups in total. The highest BCUT2D eigenvalue weighted by atomic mass is 16.6. The van der Waals surface area contributed by atoms with Crippen molar-refractivity contribution in [1.29, 1.82) is 0 Å². The molecule has 1 amide bonds. The van der Waals surface area contributed by atoms with Crippen LogP contribution in [0, 0.1) is 23.0 Å². The lowest BCUT2D eigenvalue weighted by Gasteiger charge is -2.19. The lowest BCUT2D eigenvalue weighted by Crippen LogP contribution is -2.30. The number of nitro groups is 1.